The number of benzene rings is 1. The second-order valence-electron chi connectivity index (χ2n) is 5.42. The van der Waals surface area contributed by atoms with Crippen molar-refractivity contribution in [2.24, 2.45) is 0 Å². The molecule has 0 heterocycles. The van der Waals surface area contributed by atoms with Gasteiger partial charge < -0.3 is 15.2 Å². The van der Waals surface area contributed by atoms with E-state index in [1.54, 1.807) is 7.11 Å². The molecule has 2 N–H and O–H groups in total. The lowest BCUT2D eigenvalue weighted by Crippen LogP contribution is -2.45. The fraction of sp³-hybridized carbons (Fsp3) is 0.562. The molecule has 0 spiro atoms. The molecule has 2 unspecified atom stereocenters. The monoisotopic (exact) mass is 277 g/mol. The van der Waals surface area contributed by atoms with Gasteiger partial charge in [-0.05, 0) is 48.9 Å². The quantitative estimate of drug-likeness (QED) is 0.838. The number of hydrogen-bond donors (Lipinski definition) is 2. The Kier molecular flexibility index (Phi) is 5.01. The molecule has 2 rings (SSSR count). The van der Waals surface area contributed by atoms with Crippen molar-refractivity contribution in [3.8, 4) is 5.75 Å². The van der Waals surface area contributed by atoms with Crippen LogP contribution >= 0.6 is 0 Å². The highest BCUT2D eigenvalue weighted by Gasteiger charge is 2.24. The maximum Gasteiger partial charge on any atom is 0.320 e. The molecule has 0 saturated heterocycles. The van der Waals surface area contributed by atoms with E-state index in [0.717, 1.165) is 31.4 Å². The molecule has 20 heavy (non-hydrogen) atoms. The smallest absolute Gasteiger partial charge is 0.320 e. The molecule has 0 fully saturated rings. The van der Waals surface area contributed by atoms with E-state index in [-0.39, 0.29) is 6.04 Å². The number of rotatable bonds is 6. The number of carboxylic acid groups (broad SMARTS) is 1. The molecule has 110 valence electrons. The predicted octanol–water partition coefficient (Wildman–Crippen LogP) is 2.40. The predicted molar refractivity (Wildman–Crippen MR) is 78.3 cm³/mol. The van der Waals surface area contributed by atoms with Crippen LogP contribution in [-0.2, 0) is 17.6 Å². The standard InChI is InChI=1S/C16H23NO3/c1-3-4-15(16(18)19)17-13-7-5-11-6-8-14(20-2)10-12(11)9-13/h6,8,10,13,15,17H,3-5,7,9H2,1-2H3,(H,18,19). The van der Waals surface area contributed by atoms with E-state index in [2.05, 4.69) is 17.4 Å². The average Bonchev–Trinajstić information content (AvgIpc) is 2.45. The van der Waals surface area contributed by atoms with Gasteiger partial charge in [0.15, 0.2) is 0 Å². The number of aryl methyl sites for hydroxylation is 1. The van der Waals surface area contributed by atoms with Gasteiger partial charge in [0, 0.05) is 6.04 Å². The molecule has 4 heteroatoms. The molecular formula is C16H23NO3. The van der Waals surface area contributed by atoms with Crippen LogP contribution in [0.15, 0.2) is 18.2 Å². The zero-order chi connectivity index (χ0) is 14.5. The highest BCUT2D eigenvalue weighted by atomic mass is 16.5. The van der Waals surface area contributed by atoms with Gasteiger partial charge in [0.05, 0.1) is 7.11 Å². The number of hydrogen-bond acceptors (Lipinski definition) is 3. The van der Waals surface area contributed by atoms with Crippen LogP contribution in [0.2, 0.25) is 0 Å². The minimum absolute atomic E-state index is 0.238. The summed E-state index contributed by atoms with van der Waals surface area (Å²) < 4.78 is 5.26. The third kappa shape index (κ3) is 3.51. The van der Waals surface area contributed by atoms with Crippen LogP contribution in [0, 0.1) is 0 Å². The summed E-state index contributed by atoms with van der Waals surface area (Å²) in [6.45, 7) is 2.01. The fourth-order valence-electron chi connectivity index (χ4n) is 2.85. The third-order valence-corrected chi connectivity index (χ3v) is 3.95. The molecule has 0 amide bonds. The van der Waals surface area contributed by atoms with Gasteiger partial charge in [-0.2, -0.15) is 0 Å². The van der Waals surface area contributed by atoms with Crippen molar-refractivity contribution in [1.29, 1.82) is 0 Å². The summed E-state index contributed by atoms with van der Waals surface area (Å²) in [5.74, 6) is 0.121. The molecule has 1 aliphatic carbocycles. The Bertz CT molecular complexity index is 473. The van der Waals surface area contributed by atoms with Gasteiger partial charge in [-0.15, -0.1) is 0 Å². The zero-order valence-electron chi connectivity index (χ0n) is 12.2. The minimum Gasteiger partial charge on any atom is -0.497 e. The Morgan fingerprint density at radius 2 is 2.30 bits per heavy atom. The van der Waals surface area contributed by atoms with Crippen molar-refractivity contribution in [1.82, 2.24) is 5.32 Å². The van der Waals surface area contributed by atoms with E-state index >= 15 is 0 Å². The maximum atomic E-state index is 11.2. The molecule has 4 nitrogen and oxygen atoms in total. The molecular weight excluding hydrogens is 254 g/mol. The van der Waals surface area contributed by atoms with E-state index in [1.165, 1.54) is 11.1 Å². The first-order chi connectivity index (χ1) is 9.63. The van der Waals surface area contributed by atoms with E-state index in [1.807, 2.05) is 13.0 Å². The normalized spacial score (nSPS) is 19.2. The lowest BCUT2D eigenvalue weighted by Gasteiger charge is -2.28. The molecule has 0 bridgehead atoms. The lowest BCUT2D eigenvalue weighted by molar-refractivity contribution is -0.139. The van der Waals surface area contributed by atoms with Crippen molar-refractivity contribution >= 4 is 5.97 Å². The molecule has 0 aromatic heterocycles. The summed E-state index contributed by atoms with van der Waals surface area (Å²) in [6.07, 6.45) is 4.42. The van der Waals surface area contributed by atoms with Crippen LogP contribution in [-0.4, -0.2) is 30.3 Å². The topological polar surface area (TPSA) is 58.6 Å². The zero-order valence-corrected chi connectivity index (χ0v) is 12.2. The highest BCUT2D eigenvalue weighted by Crippen LogP contribution is 2.26. The first-order valence-electron chi connectivity index (χ1n) is 7.28. The lowest BCUT2D eigenvalue weighted by atomic mass is 9.87. The Labute approximate surface area is 120 Å². The summed E-state index contributed by atoms with van der Waals surface area (Å²) in [6, 6.07) is 5.98. The van der Waals surface area contributed by atoms with Crippen LogP contribution in [0.4, 0.5) is 0 Å². The van der Waals surface area contributed by atoms with Crippen molar-refractivity contribution in [2.75, 3.05) is 7.11 Å². The SMILES string of the molecule is CCCC(NC1CCc2ccc(OC)cc2C1)C(=O)O. The molecule has 1 aromatic carbocycles. The van der Waals surface area contributed by atoms with E-state index in [0.29, 0.717) is 6.42 Å². The molecule has 0 radical (unpaired) electrons. The van der Waals surface area contributed by atoms with Gasteiger partial charge in [0.25, 0.3) is 0 Å². The van der Waals surface area contributed by atoms with Gasteiger partial charge in [-0.25, -0.2) is 0 Å². The first kappa shape index (κ1) is 14.9. The summed E-state index contributed by atoms with van der Waals surface area (Å²) in [5, 5.41) is 12.5. The first-order valence-corrected chi connectivity index (χ1v) is 7.28. The second-order valence-corrected chi connectivity index (χ2v) is 5.42. The number of carbonyl (C=O) groups is 1. The summed E-state index contributed by atoms with van der Waals surface area (Å²) >= 11 is 0. The second kappa shape index (κ2) is 6.75. The Hall–Kier alpha value is -1.55. The Morgan fingerprint density at radius 3 is 2.95 bits per heavy atom. The Morgan fingerprint density at radius 1 is 1.50 bits per heavy atom. The number of nitrogens with one attached hydrogen (secondary N) is 1. The van der Waals surface area contributed by atoms with Crippen molar-refractivity contribution in [3.63, 3.8) is 0 Å². The largest absolute Gasteiger partial charge is 0.497 e. The van der Waals surface area contributed by atoms with Crippen LogP contribution in [0.5, 0.6) is 5.75 Å². The molecule has 2 atom stereocenters. The van der Waals surface area contributed by atoms with Gasteiger partial charge in [0.1, 0.15) is 11.8 Å². The molecule has 0 saturated carbocycles. The fourth-order valence-corrected chi connectivity index (χ4v) is 2.85. The average molecular weight is 277 g/mol. The number of ether oxygens (including phenoxy) is 1. The summed E-state index contributed by atoms with van der Waals surface area (Å²) in [4.78, 5) is 11.2. The van der Waals surface area contributed by atoms with Gasteiger partial charge in [0.2, 0.25) is 0 Å². The van der Waals surface area contributed by atoms with Crippen LogP contribution in [0.25, 0.3) is 0 Å². The van der Waals surface area contributed by atoms with Crippen LogP contribution in [0.1, 0.15) is 37.3 Å². The maximum absolute atomic E-state index is 11.2. The molecule has 0 aliphatic heterocycles. The van der Waals surface area contributed by atoms with E-state index in [4.69, 9.17) is 4.74 Å². The van der Waals surface area contributed by atoms with E-state index < -0.39 is 12.0 Å². The number of aliphatic carboxylic acids is 1. The van der Waals surface area contributed by atoms with Crippen molar-refractivity contribution in [3.05, 3.63) is 29.3 Å². The number of carboxylic acids is 1. The molecule has 1 aliphatic rings. The van der Waals surface area contributed by atoms with Gasteiger partial charge in [-0.1, -0.05) is 19.4 Å². The number of methoxy groups -OCH3 is 1. The molecule has 1 aromatic rings. The summed E-state index contributed by atoms with van der Waals surface area (Å²) in [5.41, 5.74) is 2.62. The van der Waals surface area contributed by atoms with E-state index in [9.17, 15) is 9.90 Å². The van der Waals surface area contributed by atoms with Gasteiger partial charge >= 0.3 is 5.97 Å². The van der Waals surface area contributed by atoms with Crippen LogP contribution in [0.3, 0.4) is 0 Å². The van der Waals surface area contributed by atoms with Crippen LogP contribution < -0.4 is 10.1 Å². The van der Waals surface area contributed by atoms with Crippen molar-refractivity contribution in [2.45, 2.75) is 51.1 Å². The highest BCUT2D eigenvalue weighted by molar-refractivity contribution is 5.73. The number of fused-ring (bicyclic) bond motifs is 1. The van der Waals surface area contributed by atoms with Gasteiger partial charge in [-0.3, -0.25) is 4.79 Å². The summed E-state index contributed by atoms with van der Waals surface area (Å²) in [7, 11) is 1.67. The third-order valence-electron chi connectivity index (χ3n) is 3.95. The Balaban J connectivity index is 2.04. The van der Waals surface area contributed by atoms with Crippen molar-refractivity contribution < 1.29 is 14.6 Å². The minimum atomic E-state index is -0.747.